The van der Waals surface area contributed by atoms with E-state index in [9.17, 15) is 19.4 Å². The molecular weight excluding hydrogens is 277 g/mol. The highest BCUT2D eigenvalue weighted by Gasteiger charge is 2.18. The second kappa shape index (κ2) is 8.20. The van der Waals surface area contributed by atoms with E-state index in [4.69, 9.17) is 0 Å². The maximum Gasteiger partial charge on any atom is 0.200 e. The standard InChI is InChI=1S/C14H22NO4P/c15-13(14(16)17)8-4-5-10-20(18,19)11-9-12-6-2-1-3-7-12/h1-3,6-7,13H,4-5,8-11,15H2,(H,16,17)(H,18,19)/t13-/m1/s1. The third-order valence-electron chi connectivity index (χ3n) is 3.24. The molecule has 0 aliphatic carbocycles. The van der Waals surface area contributed by atoms with Crippen molar-refractivity contribution in [2.75, 3.05) is 12.3 Å². The van der Waals surface area contributed by atoms with Gasteiger partial charge in [-0.15, -0.1) is 0 Å². The predicted molar refractivity (Wildman–Crippen MR) is 75.2 cm³/mol. The minimum Gasteiger partial charge on any atom is -0.544 e. The highest BCUT2D eigenvalue weighted by atomic mass is 31.2. The average Bonchev–Trinajstić information content (AvgIpc) is 2.42. The van der Waals surface area contributed by atoms with Crippen LogP contribution in [0.25, 0.3) is 0 Å². The number of hydrogen-bond donors (Lipinski definition) is 2. The topological polar surface area (TPSA) is 105 Å². The molecule has 0 saturated heterocycles. The number of aliphatic carboxylic acids is 1. The highest BCUT2D eigenvalue weighted by Crippen LogP contribution is 2.42. The lowest BCUT2D eigenvalue weighted by atomic mass is 10.1. The van der Waals surface area contributed by atoms with Crippen molar-refractivity contribution in [2.45, 2.75) is 31.7 Å². The number of aryl methyl sites for hydroxylation is 1. The van der Waals surface area contributed by atoms with E-state index in [1.165, 1.54) is 0 Å². The molecule has 1 aromatic rings. The number of carboxylic acid groups (broad SMARTS) is 1. The lowest BCUT2D eigenvalue weighted by molar-refractivity contribution is -0.438. The van der Waals surface area contributed by atoms with E-state index in [0.717, 1.165) is 5.56 Å². The molecule has 1 aromatic carbocycles. The normalized spacial score (nSPS) is 15.5. The van der Waals surface area contributed by atoms with Gasteiger partial charge in [-0.25, -0.2) is 0 Å². The molecule has 0 radical (unpaired) electrons. The third kappa shape index (κ3) is 6.85. The van der Waals surface area contributed by atoms with E-state index < -0.39 is 19.4 Å². The lowest BCUT2D eigenvalue weighted by Crippen LogP contribution is -2.68. The molecule has 0 bridgehead atoms. The first-order valence-corrected chi connectivity index (χ1v) is 8.82. The van der Waals surface area contributed by atoms with Crippen molar-refractivity contribution >= 4 is 13.3 Å². The Kier molecular flexibility index (Phi) is 6.93. The second-order valence-corrected chi connectivity index (χ2v) is 7.63. The number of carbonyl (C=O) groups is 1. The van der Waals surface area contributed by atoms with Crippen molar-refractivity contribution in [2.24, 2.45) is 0 Å². The van der Waals surface area contributed by atoms with Crippen LogP contribution in [0.15, 0.2) is 30.3 Å². The number of unbranched alkanes of at least 4 members (excludes halogenated alkanes) is 1. The Morgan fingerprint density at radius 2 is 1.90 bits per heavy atom. The molecule has 6 heteroatoms. The van der Waals surface area contributed by atoms with Gasteiger partial charge in [0.25, 0.3) is 0 Å². The van der Waals surface area contributed by atoms with E-state index in [0.29, 0.717) is 25.7 Å². The minimum atomic E-state index is -3.13. The highest BCUT2D eigenvalue weighted by molar-refractivity contribution is 7.57. The van der Waals surface area contributed by atoms with Crippen molar-refractivity contribution in [1.82, 2.24) is 0 Å². The molecule has 1 rings (SSSR count). The van der Waals surface area contributed by atoms with E-state index in [1.54, 1.807) is 0 Å². The summed E-state index contributed by atoms with van der Waals surface area (Å²) in [7, 11) is -3.13. The van der Waals surface area contributed by atoms with Crippen LogP contribution >= 0.6 is 7.37 Å². The smallest absolute Gasteiger partial charge is 0.200 e. The summed E-state index contributed by atoms with van der Waals surface area (Å²) in [6, 6.07) is 8.87. The molecule has 20 heavy (non-hydrogen) atoms. The Bertz CT molecular complexity index is 464. The maximum absolute atomic E-state index is 12.0. The molecule has 0 aromatic heterocycles. The van der Waals surface area contributed by atoms with Gasteiger partial charge >= 0.3 is 0 Å². The molecule has 0 amide bonds. The van der Waals surface area contributed by atoms with Crippen LogP contribution in [0.1, 0.15) is 24.8 Å². The van der Waals surface area contributed by atoms with Gasteiger partial charge in [-0.1, -0.05) is 30.3 Å². The van der Waals surface area contributed by atoms with E-state index in [1.807, 2.05) is 30.3 Å². The number of benzene rings is 1. The van der Waals surface area contributed by atoms with Crippen molar-refractivity contribution in [1.29, 1.82) is 0 Å². The summed E-state index contributed by atoms with van der Waals surface area (Å²) in [6.45, 7) is 0. The van der Waals surface area contributed by atoms with Crippen LogP contribution in [0.2, 0.25) is 0 Å². The van der Waals surface area contributed by atoms with Crippen molar-refractivity contribution < 1.29 is 25.1 Å². The van der Waals surface area contributed by atoms with Gasteiger partial charge < -0.3 is 20.5 Å². The van der Waals surface area contributed by atoms with Crippen molar-refractivity contribution in [3.8, 4) is 0 Å². The number of hydrogen-bond acceptors (Lipinski definition) is 3. The predicted octanol–water partition coefficient (Wildman–Crippen LogP) is 0.0302. The molecule has 1 unspecified atom stereocenters. The van der Waals surface area contributed by atoms with Crippen LogP contribution in [-0.4, -0.2) is 29.2 Å². The fourth-order valence-electron chi connectivity index (χ4n) is 1.93. The van der Waals surface area contributed by atoms with Gasteiger partial charge in [0.05, 0.1) is 5.97 Å². The van der Waals surface area contributed by atoms with Crippen molar-refractivity contribution in [3.05, 3.63) is 35.9 Å². The fourth-order valence-corrected chi connectivity index (χ4v) is 3.48. The van der Waals surface area contributed by atoms with Crippen LogP contribution < -0.4 is 10.8 Å². The van der Waals surface area contributed by atoms with E-state index in [-0.39, 0.29) is 12.3 Å². The van der Waals surface area contributed by atoms with Crippen LogP contribution in [0.4, 0.5) is 0 Å². The van der Waals surface area contributed by atoms with Gasteiger partial charge in [-0.3, -0.25) is 4.57 Å². The molecule has 0 aliphatic rings. The summed E-state index contributed by atoms with van der Waals surface area (Å²) >= 11 is 0. The number of carboxylic acids is 1. The van der Waals surface area contributed by atoms with Gasteiger partial charge in [-0.2, -0.15) is 0 Å². The summed E-state index contributed by atoms with van der Waals surface area (Å²) in [5, 5.41) is 10.5. The summed E-state index contributed by atoms with van der Waals surface area (Å²) in [4.78, 5) is 20.3. The Balaban J connectivity index is 2.24. The Labute approximate surface area is 119 Å². The fraction of sp³-hybridized carbons (Fsp3) is 0.500. The maximum atomic E-state index is 12.0. The first-order valence-electron chi connectivity index (χ1n) is 6.79. The van der Waals surface area contributed by atoms with Gasteiger partial charge in [0.15, 0.2) is 0 Å². The largest absolute Gasteiger partial charge is 0.544 e. The van der Waals surface area contributed by atoms with Crippen LogP contribution in [-0.2, 0) is 15.8 Å². The van der Waals surface area contributed by atoms with Gasteiger partial charge in [0.1, 0.15) is 6.04 Å². The Hall–Kier alpha value is -1.16. The van der Waals surface area contributed by atoms with Gasteiger partial charge in [0.2, 0.25) is 7.37 Å². The summed E-state index contributed by atoms with van der Waals surface area (Å²) in [5.74, 6) is -1.17. The first-order chi connectivity index (χ1) is 9.41. The van der Waals surface area contributed by atoms with Crippen LogP contribution in [0.5, 0.6) is 0 Å². The minimum absolute atomic E-state index is 0.236. The molecule has 0 aliphatic heterocycles. The molecular formula is C14H22NO4P. The molecule has 112 valence electrons. The zero-order valence-corrected chi connectivity index (χ0v) is 12.4. The molecule has 5 nitrogen and oxygen atoms in total. The monoisotopic (exact) mass is 299 g/mol. The quantitative estimate of drug-likeness (QED) is 0.495. The van der Waals surface area contributed by atoms with Crippen molar-refractivity contribution in [3.63, 3.8) is 0 Å². The molecule has 2 atom stereocenters. The first kappa shape index (κ1) is 16.9. The Morgan fingerprint density at radius 1 is 1.25 bits per heavy atom. The summed E-state index contributed by atoms with van der Waals surface area (Å²) < 4.78 is 12.0. The SMILES string of the molecule is [NH3+][C@H](CCCCP(=O)(O)CCc1ccccc1)C(=O)[O-]. The number of carbonyl (C=O) groups excluding carboxylic acids is 1. The lowest BCUT2D eigenvalue weighted by Gasteiger charge is -2.12. The summed E-state index contributed by atoms with van der Waals surface area (Å²) in [6.07, 6.45) is 2.61. The zero-order chi connectivity index (χ0) is 15.0. The number of rotatable bonds is 9. The average molecular weight is 299 g/mol. The van der Waals surface area contributed by atoms with E-state index in [2.05, 4.69) is 5.73 Å². The van der Waals surface area contributed by atoms with Gasteiger partial charge in [-0.05, 0) is 24.8 Å². The second-order valence-electron chi connectivity index (χ2n) is 5.04. The van der Waals surface area contributed by atoms with Gasteiger partial charge in [0, 0.05) is 18.7 Å². The summed E-state index contributed by atoms with van der Waals surface area (Å²) in [5.41, 5.74) is 4.51. The van der Waals surface area contributed by atoms with Crippen LogP contribution in [0, 0.1) is 0 Å². The molecule has 0 spiro atoms. The Morgan fingerprint density at radius 3 is 2.50 bits per heavy atom. The third-order valence-corrected chi connectivity index (χ3v) is 5.17. The van der Waals surface area contributed by atoms with Crippen LogP contribution in [0.3, 0.4) is 0 Å². The number of quaternary nitrogens is 1. The molecule has 0 saturated carbocycles. The molecule has 0 fully saturated rings. The molecule has 4 N–H and O–H groups in total. The molecule has 0 heterocycles. The van der Waals surface area contributed by atoms with E-state index >= 15 is 0 Å². The zero-order valence-electron chi connectivity index (χ0n) is 11.5.